The molecule has 2 aromatic rings. The number of para-hydroxylation sites is 1. The Morgan fingerprint density at radius 2 is 2.18 bits per heavy atom. The van der Waals surface area contributed by atoms with Crippen molar-refractivity contribution in [1.29, 1.82) is 0 Å². The van der Waals surface area contributed by atoms with E-state index in [0.29, 0.717) is 11.8 Å². The van der Waals surface area contributed by atoms with Crippen LogP contribution in [0.3, 0.4) is 0 Å². The molecule has 1 N–H and O–H groups in total. The number of aromatic nitrogens is 1. The Kier molecular flexibility index (Phi) is 3.47. The molecule has 2 bridgehead atoms. The predicted molar refractivity (Wildman–Crippen MR) is 88.5 cm³/mol. The Morgan fingerprint density at radius 1 is 1.32 bits per heavy atom. The maximum atomic E-state index is 11.0. The number of rotatable bonds is 3. The second kappa shape index (κ2) is 5.49. The highest BCUT2D eigenvalue weighted by Gasteiger charge is 2.42. The Morgan fingerprint density at radius 3 is 2.95 bits per heavy atom. The molecule has 0 saturated carbocycles. The molecule has 3 aliphatic heterocycles. The first-order valence-corrected chi connectivity index (χ1v) is 8.16. The van der Waals surface area contributed by atoms with Gasteiger partial charge in [-0.25, -0.2) is 0 Å². The third-order valence-electron chi connectivity index (χ3n) is 5.52. The molecule has 0 aliphatic carbocycles. The maximum absolute atomic E-state index is 11.0. The molecule has 0 amide bonds. The van der Waals surface area contributed by atoms with Crippen LogP contribution in [0.25, 0.3) is 10.9 Å². The van der Waals surface area contributed by atoms with Gasteiger partial charge < -0.3 is 5.11 Å². The number of benzene rings is 1. The van der Waals surface area contributed by atoms with Crippen LogP contribution in [0.4, 0.5) is 0 Å². The largest absolute Gasteiger partial charge is 0.387 e. The van der Waals surface area contributed by atoms with Gasteiger partial charge in [0.15, 0.2) is 0 Å². The van der Waals surface area contributed by atoms with Crippen molar-refractivity contribution in [2.24, 2.45) is 11.8 Å². The number of pyridine rings is 1. The lowest BCUT2D eigenvalue weighted by molar-refractivity contribution is -0.0444. The summed E-state index contributed by atoms with van der Waals surface area (Å²) in [4.78, 5) is 6.86. The molecule has 3 unspecified atom stereocenters. The number of aliphatic hydroxyl groups excluding tert-OH is 1. The zero-order valence-corrected chi connectivity index (χ0v) is 12.7. The molecular formula is C19H22N2O. The van der Waals surface area contributed by atoms with Crippen molar-refractivity contribution in [3.63, 3.8) is 0 Å². The van der Waals surface area contributed by atoms with Crippen LogP contribution in [-0.4, -0.2) is 34.1 Å². The summed E-state index contributed by atoms with van der Waals surface area (Å²) >= 11 is 0. The van der Waals surface area contributed by atoms with E-state index in [1.807, 2.05) is 30.5 Å². The highest BCUT2D eigenvalue weighted by atomic mass is 16.3. The van der Waals surface area contributed by atoms with Gasteiger partial charge in [0, 0.05) is 24.2 Å². The molecule has 3 saturated heterocycles. The third kappa shape index (κ3) is 2.16. The van der Waals surface area contributed by atoms with E-state index in [9.17, 15) is 5.11 Å². The van der Waals surface area contributed by atoms with Crippen molar-refractivity contribution < 1.29 is 5.11 Å². The van der Waals surface area contributed by atoms with E-state index in [-0.39, 0.29) is 6.04 Å². The molecule has 5 rings (SSSR count). The average Bonchev–Trinajstić information content (AvgIpc) is 2.60. The molecule has 1 aromatic carbocycles. The van der Waals surface area contributed by atoms with Gasteiger partial charge in [0.2, 0.25) is 0 Å². The number of hydrogen-bond acceptors (Lipinski definition) is 3. The normalized spacial score (nSPS) is 32.0. The van der Waals surface area contributed by atoms with Crippen molar-refractivity contribution in [3.05, 3.63) is 54.7 Å². The molecule has 0 spiro atoms. The average molecular weight is 294 g/mol. The van der Waals surface area contributed by atoms with Gasteiger partial charge in [0.1, 0.15) is 0 Å². The van der Waals surface area contributed by atoms with Gasteiger partial charge in [-0.3, -0.25) is 9.88 Å². The van der Waals surface area contributed by atoms with Gasteiger partial charge in [-0.1, -0.05) is 24.3 Å². The molecule has 3 aliphatic rings. The SMILES string of the molecule is C=CC1CN2CCC1C[C@H]2[C@@H](O)c1ccnc2ccccc12. The Labute approximate surface area is 131 Å². The molecule has 114 valence electrons. The van der Waals surface area contributed by atoms with Gasteiger partial charge in [0.25, 0.3) is 0 Å². The van der Waals surface area contributed by atoms with E-state index in [4.69, 9.17) is 0 Å². The number of piperidine rings is 3. The van der Waals surface area contributed by atoms with E-state index >= 15 is 0 Å². The predicted octanol–water partition coefficient (Wildman–Crippen LogP) is 3.16. The first-order chi connectivity index (χ1) is 10.8. The van der Waals surface area contributed by atoms with Crippen molar-refractivity contribution in [1.82, 2.24) is 9.88 Å². The summed E-state index contributed by atoms with van der Waals surface area (Å²) in [6, 6.07) is 10.3. The smallest absolute Gasteiger partial charge is 0.0952 e. The first kappa shape index (κ1) is 13.9. The van der Waals surface area contributed by atoms with Gasteiger partial charge >= 0.3 is 0 Å². The minimum atomic E-state index is -0.443. The first-order valence-electron chi connectivity index (χ1n) is 8.16. The van der Waals surface area contributed by atoms with E-state index in [2.05, 4.69) is 28.6 Å². The molecule has 4 heterocycles. The maximum Gasteiger partial charge on any atom is 0.0952 e. The molecule has 0 radical (unpaired) electrons. The lowest BCUT2D eigenvalue weighted by Gasteiger charge is -2.50. The molecule has 5 atom stereocenters. The number of aliphatic hydroxyl groups is 1. The van der Waals surface area contributed by atoms with E-state index in [1.165, 1.54) is 6.42 Å². The van der Waals surface area contributed by atoms with Crippen LogP contribution in [0.1, 0.15) is 24.5 Å². The van der Waals surface area contributed by atoms with Crippen molar-refractivity contribution in [3.8, 4) is 0 Å². The van der Waals surface area contributed by atoms with Crippen LogP contribution < -0.4 is 0 Å². The summed E-state index contributed by atoms with van der Waals surface area (Å²) in [5, 5.41) is 12.1. The van der Waals surface area contributed by atoms with Gasteiger partial charge in [0.05, 0.1) is 11.6 Å². The van der Waals surface area contributed by atoms with Crippen molar-refractivity contribution in [2.75, 3.05) is 13.1 Å². The summed E-state index contributed by atoms with van der Waals surface area (Å²) in [6.07, 6.45) is 5.76. The van der Waals surface area contributed by atoms with E-state index in [1.54, 1.807) is 0 Å². The minimum Gasteiger partial charge on any atom is -0.387 e. The zero-order chi connectivity index (χ0) is 15.1. The highest BCUT2D eigenvalue weighted by molar-refractivity contribution is 5.82. The molecule has 22 heavy (non-hydrogen) atoms. The van der Waals surface area contributed by atoms with Gasteiger partial charge in [-0.05, 0) is 48.9 Å². The summed E-state index contributed by atoms with van der Waals surface area (Å²) in [5.74, 6) is 1.27. The molecular weight excluding hydrogens is 272 g/mol. The monoisotopic (exact) mass is 294 g/mol. The molecule has 1 aromatic heterocycles. The van der Waals surface area contributed by atoms with Crippen molar-refractivity contribution in [2.45, 2.75) is 25.0 Å². The van der Waals surface area contributed by atoms with Gasteiger partial charge in [-0.15, -0.1) is 6.58 Å². The Hall–Kier alpha value is -1.71. The van der Waals surface area contributed by atoms with E-state index in [0.717, 1.165) is 36.0 Å². The number of fused-ring (bicyclic) bond motifs is 4. The third-order valence-corrected chi connectivity index (χ3v) is 5.52. The summed E-state index contributed by atoms with van der Waals surface area (Å²) < 4.78 is 0. The Balaban J connectivity index is 1.67. The fraction of sp³-hybridized carbons (Fsp3) is 0.421. The summed E-state index contributed by atoms with van der Waals surface area (Å²) in [6.45, 7) is 6.11. The van der Waals surface area contributed by atoms with Crippen LogP contribution in [0, 0.1) is 11.8 Å². The van der Waals surface area contributed by atoms with E-state index < -0.39 is 6.10 Å². The topological polar surface area (TPSA) is 36.4 Å². The Bertz CT molecular complexity index is 693. The number of hydrogen-bond donors (Lipinski definition) is 1. The summed E-state index contributed by atoms with van der Waals surface area (Å²) in [7, 11) is 0. The van der Waals surface area contributed by atoms with Gasteiger partial charge in [-0.2, -0.15) is 0 Å². The second-order valence-corrected chi connectivity index (χ2v) is 6.61. The summed E-state index contributed by atoms with van der Waals surface area (Å²) in [5.41, 5.74) is 1.97. The van der Waals surface area contributed by atoms with Crippen LogP contribution in [0.5, 0.6) is 0 Å². The highest BCUT2D eigenvalue weighted by Crippen LogP contribution is 2.41. The fourth-order valence-electron chi connectivity index (χ4n) is 4.29. The lowest BCUT2D eigenvalue weighted by atomic mass is 9.73. The van der Waals surface area contributed by atoms with Crippen LogP contribution in [0.2, 0.25) is 0 Å². The minimum absolute atomic E-state index is 0.223. The van der Waals surface area contributed by atoms with Crippen LogP contribution in [0.15, 0.2) is 49.2 Å². The quantitative estimate of drug-likeness (QED) is 0.883. The van der Waals surface area contributed by atoms with Crippen LogP contribution in [-0.2, 0) is 0 Å². The molecule has 3 nitrogen and oxygen atoms in total. The standard InChI is InChI=1S/C19H22N2O/c1-2-13-12-21-10-8-14(13)11-18(21)19(22)16-7-9-20-17-6-4-3-5-15(16)17/h2-7,9,13-14,18-19,22H,1,8,10-12H2/t13?,14?,18-,19-/m0/s1. The zero-order valence-electron chi connectivity index (χ0n) is 12.7. The second-order valence-electron chi connectivity index (χ2n) is 6.61. The molecule has 3 fully saturated rings. The fourth-order valence-corrected chi connectivity index (χ4v) is 4.29. The molecule has 3 heteroatoms. The van der Waals surface area contributed by atoms with Crippen LogP contribution >= 0.6 is 0 Å². The lowest BCUT2D eigenvalue weighted by Crippen LogP contribution is -2.54. The van der Waals surface area contributed by atoms with Crippen molar-refractivity contribution >= 4 is 10.9 Å². The number of nitrogens with zero attached hydrogens (tertiary/aromatic N) is 2.